The molecule has 2 N–H and O–H groups in total. The lowest BCUT2D eigenvalue weighted by molar-refractivity contribution is -0.139. The van der Waals surface area contributed by atoms with Crippen LogP contribution < -0.4 is 5.32 Å². The highest BCUT2D eigenvalue weighted by Gasteiger charge is 2.38. The summed E-state index contributed by atoms with van der Waals surface area (Å²) in [6.07, 6.45) is 6.78. The van der Waals surface area contributed by atoms with E-state index in [-0.39, 0.29) is 5.91 Å². The van der Waals surface area contributed by atoms with Crippen molar-refractivity contribution in [3.8, 4) is 5.69 Å². The van der Waals surface area contributed by atoms with Crippen LogP contribution in [0.1, 0.15) is 43.4 Å². The van der Waals surface area contributed by atoms with Crippen LogP contribution in [0.15, 0.2) is 36.5 Å². The SMILES string of the molecule is Cc1nn(-c2ccccc2)cc1CCCNC(=O)C1(O)CCCC1. The van der Waals surface area contributed by atoms with Crippen LogP contribution in [-0.4, -0.2) is 32.9 Å². The lowest BCUT2D eigenvalue weighted by Crippen LogP contribution is -2.45. The minimum Gasteiger partial charge on any atom is -0.380 e. The van der Waals surface area contributed by atoms with Crippen LogP contribution >= 0.6 is 0 Å². The van der Waals surface area contributed by atoms with Crippen LogP contribution in [0.2, 0.25) is 0 Å². The van der Waals surface area contributed by atoms with Gasteiger partial charge in [0.25, 0.3) is 5.91 Å². The Labute approximate surface area is 142 Å². The number of aromatic nitrogens is 2. The van der Waals surface area contributed by atoms with Crippen LogP contribution in [0, 0.1) is 6.92 Å². The molecule has 1 fully saturated rings. The van der Waals surface area contributed by atoms with E-state index < -0.39 is 5.60 Å². The van der Waals surface area contributed by atoms with Crippen LogP contribution in [0.4, 0.5) is 0 Å². The zero-order chi connectivity index (χ0) is 17.0. The first kappa shape index (κ1) is 16.7. The Bertz CT molecular complexity index is 688. The van der Waals surface area contributed by atoms with Gasteiger partial charge in [-0.05, 0) is 63.1 Å². The Morgan fingerprint density at radius 2 is 2.00 bits per heavy atom. The van der Waals surface area contributed by atoms with Gasteiger partial charge in [-0.2, -0.15) is 5.10 Å². The molecule has 1 amide bonds. The van der Waals surface area contributed by atoms with E-state index >= 15 is 0 Å². The van der Waals surface area contributed by atoms with Crippen molar-refractivity contribution >= 4 is 5.91 Å². The maximum atomic E-state index is 12.1. The third-order valence-electron chi connectivity index (χ3n) is 4.78. The minimum atomic E-state index is -1.13. The van der Waals surface area contributed by atoms with Crippen LogP contribution in [-0.2, 0) is 11.2 Å². The molecule has 128 valence electrons. The number of aliphatic hydroxyl groups is 1. The fraction of sp³-hybridized carbons (Fsp3) is 0.474. The van der Waals surface area contributed by atoms with Gasteiger partial charge in [-0.1, -0.05) is 18.2 Å². The summed E-state index contributed by atoms with van der Waals surface area (Å²) in [6, 6.07) is 10.0. The van der Waals surface area contributed by atoms with Crippen molar-refractivity contribution in [2.24, 2.45) is 0 Å². The van der Waals surface area contributed by atoms with Gasteiger partial charge in [0, 0.05) is 12.7 Å². The van der Waals surface area contributed by atoms with E-state index in [2.05, 4.69) is 16.6 Å². The number of hydrogen-bond acceptors (Lipinski definition) is 3. The Morgan fingerprint density at radius 1 is 1.29 bits per heavy atom. The van der Waals surface area contributed by atoms with Crippen molar-refractivity contribution in [1.29, 1.82) is 0 Å². The average molecular weight is 327 g/mol. The average Bonchev–Trinajstić information content (AvgIpc) is 3.19. The molecule has 0 aliphatic heterocycles. The maximum absolute atomic E-state index is 12.1. The summed E-state index contributed by atoms with van der Waals surface area (Å²) in [5.74, 6) is -0.211. The summed E-state index contributed by atoms with van der Waals surface area (Å²) in [5, 5.41) is 17.7. The summed E-state index contributed by atoms with van der Waals surface area (Å²) in [5.41, 5.74) is 2.12. The Kier molecular flexibility index (Phi) is 5.00. The van der Waals surface area contributed by atoms with Gasteiger partial charge in [-0.3, -0.25) is 4.79 Å². The fourth-order valence-electron chi connectivity index (χ4n) is 3.29. The number of para-hydroxylation sites is 1. The number of carbonyl (C=O) groups excluding carboxylic acids is 1. The third-order valence-corrected chi connectivity index (χ3v) is 4.78. The molecule has 0 spiro atoms. The van der Waals surface area contributed by atoms with E-state index in [1.807, 2.05) is 41.9 Å². The normalized spacial score (nSPS) is 16.2. The predicted octanol–water partition coefficient (Wildman–Crippen LogP) is 2.53. The number of nitrogens with zero attached hydrogens (tertiary/aromatic N) is 2. The molecule has 3 rings (SSSR count). The standard InChI is InChI=1S/C19H25N3O2/c1-15-16(14-22(21-15)17-9-3-2-4-10-17)8-7-13-20-18(23)19(24)11-5-6-12-19/h2-4,9-10,14,24H,5-8,11-13H2,1H3,(H,20,23). The summed E-state index contributed by atoms with van der Waals surface area (Å²) in [7, 11) is 0. The van der Waals surface area contributed by atoms with Crippen LogP contribution in [0.5, 0.6) is 0 Å². The number of rotatable bonds is 6. The minimum absolute atomic E-state index is 0.211. The quantitative estimate of drug-likeness (QED) is 0.801. The molecule has 1 aliphatic rings. The molecule has 1 heterocycles. The Balaban J connectivity index is 1.50. The molecule has 0 saturated heterocycles. The monoisotopic (exact) mass is 327 g/mol. The molecule has 1 aromatic heterocycles. The predicted molar refractivity (Wildman–Crippen MR) is 93.0 cm³/mol. The third kappa shape index (κ3) is 3.67. The number of benzene rings is 1. The Morgan fingerprint density at radius 3 is 2.71 bits per heavy atom. The number of carbonyl (C=O) groups is 1. The zero-order valence-electron chi connectivity index (χ0n) is 14.2. The molecule has 1 aromatic carbocycles. The molecule has 24 heavy (non-hydrogen) atoms. The summed E-state index contributed by atoms with van der Waals surface area (Å²) >= 11 is 0. The van der Waals surface area contributed by atoms with Gasteiger partial charge in [-0.25, -0.2) is 4.68 Å². The highest BCUT2D eigenvalue weighted by Crippen LogP contribution is 2.29. The van der Waals surface area contributed by atoms with E-state index in [9.17, 15) is 9.90 Å². The lowest BCUT2D eigenvalue weighted by Gasteiger charge is -2.20. The molecule has 0 unspecified atom stereocenters. The van der Waals surface area contributed by atoms with E-state index in [0.717, 1.165) is 37.1 Å². The molecular weight excluding hydrogens is 302 g/mol. The van der Waals surface area contributed by atoms with Gasteiger partial charge in [0.1, 0.15) is 5.60 Å². The first-order chi connectivity index (χ1) is 11.6. The maximum Gasteiger partial charge on any atom is 0.251 e. The smallest absolute Gasteiger partial charge is 0.251 e. The van der Waals surface area contributed by atoms with Crippen LogP contribution in [0.25, 0.3) is 5.69 Å². The second kappa shape index (κ2) is 7.18. The van der Waals surface area contributed by atoms with Crippen molar-refractivity contribution in [2.75, 3.05) is 6.54 Å². The van der Waals surface area contributed by atoms with Gasteiger partial charge < -0.3 is 10.4 Å². The molecular formula is C19H25N3O2. The first-order valence-corrected chi connectivity index (χ1v) is 8.70. The van der Waals surface area contributed by atoms with E-state index in [1.54, 1.807) is 0 Å². The number of hydrogen-bond donors (Lipinski definition) is 2. The lowest BCUT2D eigenvalue weighted by atomic mass is 10.0. The van der Waals surface area contributed by atoms with Gasteiger partial charge in [-0.15, -0.1) is 0 Å². The highest BCUT2D eigenvalue weighted by atomic mass is 16.3. The molecule has 5 nitrogen and oxygen atoms in total. The number of aryl methyl sites for hydroxylation is 2. The van der Waals surface area contributed by atoms with Crippen molar-refractivity contribution in [1.82, 2.24) is 15.1 Å². The number of nitrogens with one attached hydrogen (secondary N) is 1. The molecule has 5 heteroatoms. The number of amides is 1. The summed E-state index contributed by atoms with van der Waals surface area (Å²) in [6.45, 7) is 2.59. The van der Waals surface area contributed by atoms with Crippen molar-refractivity contribution in [2.45, 2.75) is 51.0 Å². The molecule has 0 atom stereocenters. The van der Waals surface area contributed by atoms with E-state index in [4.69, 9.17) is 0 Å². The van der Waals surface area contributed by atoms with Crippen LogP contribution in [0.3, 0.4) is 0 Å². The Hall–Kier alpha value is -2.14. The molecule has 0 bridgehead atoms. The molecule has 0 radical (unpaired) electrons. The van der Waals surface area contributed by atoms with Crippen molar-refractivity contribution in [3.63, 3.8) is 0 Å². The second-order valence-electron chi connectivity index (χ2n) is 6.62. The fourth-order valence-corrected chi connectivity index (χ4v) is 3.29. The summed E-state index contributed by atoms with van der Waals surface area (Å²) in [4.78, 5) is 12.1. The van der Waals surface area contributed by atoms with Gasteiger partial charge in [0.2, 0.25) is 0 Å². The first-order valence-electron chi connectivity index (χ1n) is 8.70. The van der Waals surface area contributed by atoms with Crippen molar-refractivity contribution < 1.29 is 9.90 Å². The van der Waals surface area contributed by atoms with Gasteiger partial charge >= 0.3 is 0 Å². The topological polar surface area (TPSA) is 67.2 Å². The molecule has 1 saturated carbocycles. The zero-order valence-corrected chi connectivity index (χ0v) is 14.2. The van der Waals surface area contributed by atoms with Gasteiger partial charge in [0.15, 0.2) is 0 Å². The van der Waals surface area contributed by atoms with E-state index in [0.29, 0.717) is 19.4 Å². The van der Waals surface area contributed by atoms with Crippen molar-refractivity contribution in [3.05, 3.63) is 47.8 Å². The second-order valence-corrected chi connectivity index (χ2v) is 6.62. The molecule has 2 aromatic rings. The molecule has 1 aliphatic carbocycles. The van der Waals surface area contributed by atoms with Gasteiger partial charge in [0.05, 0.1) is 11.4 Å². The highest BCUT2D eigenvalue weighted by molar-refractivity contribution is 5.85. The summed E-state index contributed by atoms with van der Waals surface area (Å²) < 4.78 is 1.89. The van der Waals surface area contributed by atoms with E-state index in [1.165, 1.54) is 5.56 Å². The largest absolute Gasteiger partial charge is 0.380 e.